The molecule has 0 radical (unpaired) electrons. The molecule has 1 saturated heterocycles. The quantitative estimate of drug-likeness (QED) is 0.906. The average molecular weight is 365 g/mol. The Morgan fingerprint density at radius 1 is 1.40 bits per heavy atom. The third-order valence-electron chi connectivity index (χ3n) is 4.07. The molecule has 8 heteroatoms. The number of nitrogens with one attached hydrogen (secondary N) is 1. The number of benzene rings is 1. The summed E-state index contributed by atoms with van der Waals surface area (Å²) >= 11 is 1.22. The monoisotopic (exact) mass is 365 g/mol. The maximum Gasteiger partial charge on any atom is 0.271 e. The Balaban J connectivity index is 1.67. The molecular formula is C17H17F2N3O2S. The first-order valence-electron chi connectivity index (χ1n) is 7.91. The highest BCUT2D eigenvalue weighted by atomic mass is 32.1. The van der Waals surface area contributed by atoms with Crippen LogP contribution in [0.25, 0.3) is 0 Å². The normalized spacial score (nSPS) is 17.6. The van der Waals surface area contributed by atoms with Crippen LogP contribution < -0.4 is 5.32 Å². The Kier molecular flexibility index (Phi) is 5.08. The van der Waals surface area contributed by atoms with E-state index in [4.69, 9.17) is 0 Å². The zero-order valence-corrected chi connectivity index (χ0v) is 14.4. The largest absolute Gasteiger partial charge is 0.339 e. The minimum atomic E-state index is -0.683. The number of aromatic nitrogens is 1. The molecule has 0 aliphatic carbocycles. The van der Waals surface area contributed by atoms with Gasteiger partial charge in [-0.2, -0.15) is 4.37 Å². The van der Waals surface area contributed by atoms with Crippen molar-refractivity contribution in [3.8, 4) is 0 Å². The van der Waals surface area contributed by atoms with Crippen molar-refractivity contribution in [3.05, 3.63) is 52.0 Å². The van der Waals surface area contributed by atoms with E-state index in [-0.39, 0.29) is 23.7 Å². The van der Waals surface area contributed by atoms with Crippen LogP contribution in [0.3, 0.4) is 0 Å². The van der Waals surface area contributed by atoms with E-state index in [2.05, 4.69) is 9.69 Å². The number of halogens is 2. The highest BCUT2D eigenvalue weighted by Crippen LogP contribution is 2.18. The predicted octanol–water partition coefficient (Wildman–Crippen LogP) is 2.65. The van der Waals surface area contributed by atoms with Crippen molar-refractivity contribution in [1.29, 1.82) is 0 Å². The van der Waals surface area contributed by atoms with E-state index in [1.807, 2.05) is 6.92 Å². The average Bonchev–Trinajstić information content (AvgIpc) is 3.00. The summed E-state index contributed by atoms with van der Waals surface area (Å²) in [6.07, 6.45) is 1.21. The summed E-state index contributed by atoms with van der Waals surface area (Å²) in [6.45, 7) is 2.37. The predicted molar refractivity (Wildman–Crippen MR) is 89.1 cm³/mol. The van der Waals surface area contributed by atoms with Crippen LogP contribution in [0.5, 0.6) is 0 Å². The Morgan fingerprint density at radius 2 is 2.20 bits per heavy atom. The summed E-state index contributed by atoms with van der Waals surface area (Å²) in [6, 6.07) is 4.30. The number of hydrogen-bond acceptors (Lipinski definition) is 4. The minimum Gasteiger partial charge on any atom is -0.339 e. The molecule has 1 atom stereocenters. The molecule has 1 aromatic heterocycles. The van der Waals surface area contributed by atoms with Gasteiger partial charge in [0.2, 0.25) is 5.91 Å². The van der Waals surface area contributed by atoms with E-state index < -0.39 is 23.6 Å². The molecule has 25 heavy (non-hydrogen) atoms. The van der Waals surface area contributed by atoms with Gasteiger partial charge < -0.3 is 10.2 Å². The molecule has 1 aliphatic rings. The zero-order valence-electron chi connectivity index (χ0n) is 13.6. The molecule has 1 N–H and O–H groups in total. The lowest BCUT2D eigenvalue weighted by atomic mass is 10.0. The maximum atomic E-state index is 13.8. The molecule has 0 bridgehead atoms. The number of carbonyl (C=O) groups is 2. The number of piperidine rings is 1. The molecule has 2 aromatic rings. The van der Waals surface area contributed by atoms with Crippen molar-refractivity contribution in [2.75, 3.05) is 6.54 Å². The second-order valence-corrected chi connectivity index (χ2v) is 7.00. The fraction of sp³-hybridized carbons (Fsp3) is 0.353. The molecule has 2 amide bonds. The Hall–Kier alpha value is -2.35. The molecule has 5 nitrogen and oxygen atoms in total. The first-order chi connectivity index (χ1) is 11.9. The maximum absolute atomic E-state index is 13.8. The minimum absolute atomic E-state index is 0.0487. The molecule has 0 spiro atoms. The SMILES string of the molecule is Cc1cc(C(=O)NC2CCCN(Cc3ccc(F)cc3F)C2=O)ns1. The van der Waals surface area contributed by atoms with E-state index >= 15 is 0 Å². The zero-order chi connectivity index (χ0) is 18.0. The van der Waals surface area contributed by atoms with Gasteiger partial charge in [0.05, 0.1) is 0 Å². The van der Waals surface area contributed by atoms with Gasteiger partial charge >= 0.3 is 0 Å². The van der Waals surface area contributed by atoms with E-state index in [0.29, 0.717) is 19.4 Å². The lowest BCUT2D eigenvalue weighted by molar-refractivity contribution is -0.136. The van der Waals surface area contributed by atoms with Crippen molar-refractivity contribution in [1.82, 2.24) is 14.6 Å². The first kappa shape index (κ1) is 17.5. The molecule has 2 heterocycles. The van der Waals surface area contributed by atoms with Crippen LogP contribution in [0.4, 0.5) is 8.78 Å². The van der Waals surface area contributed by atoms with Gasteiger partial charge in [-0.3, -0.25) is 9.59 Å². The van der Waals surface area contributed by atoms with Crippen LogP contribution in [0.15, 0.2) is 24.3 Å². The summed E-state index contributed by atoms with van der Waals surface area (Å²) in [5, 5.41) is 2.70. The van der Waals surface area contributed by atoms with Gasteiger partial charge in [-0.05, 0) is 43.4 Å². The highest BCUT2D eigenvalue weighted by molar-refractivity contribution is 7.05. The van der Waals surface area contributed by atoms with E-state index in [1.54, 1.807) is 6.07 Å². The highest BCUT2D eigenvalue weighted by Gasteiger charge is 2.31. The second-order valence-electron chi connectivity index (χ2n) is 5.99. The first-order valence-corrected chi connectivity index (χ1v) is 8.68. The van der Waals surface area contributed by atoms with Crippen LogP contribution in [0, 0.1) is 18.6 Å². The van der Waals surface area contributed by atoms with Gasteiger partial charge in [0.1, 0.15) is 23.4 Å². The van der Waals surface area contributed by atoms with Gasteiger partial charge in [-0.1, -0.05) is 6.07 Å². The Labute approximate surface area is 147 Å². The molecule has 0 saturated carbocycles. The summed E-state index contributed by atoms with van der Waals surface area (Å²) < 4.78 is 30.8. The van der Waals surface area contributed by atoms with Gasteiger partial charge in [-0.25, -0.2) is 8.78 Å². The number of likely N-dealkylation sites (tertiary alicyclic amines) is 1. The van der Waals surface area contributed by atoms with Crippen molar-refractivity contribution >= 4 is 23.3 Å². The van der Waals surface area contributed by atoms with Crippen LogP contribution >= 0.6 is 11.5 Å². The lowest BCUT2D eigenvalue weighted by Gasteiger charge is -2.32. The number of nitrogens with zero attached hydrogens (tertiary/aromatic N) is 2. The third-order valence-corrected chi connectivity index (χ3v) is 4.77. The van der Waals surface area contributed by atoms with Gasteiger partial charge in [0.15, 0.2) is 0 Å². The Bertz CT molecular complexity index is 809. The van der Waals surface area contributed by atoms with Crippen molar-refractivity contribution < 1.29 is 18.4 Å². The van der Waals surface area contributed by atoms with Crippen LogP contribution in [0.2, 0.25) is 0 Å². The number of hydrogen-bond donors (Lipinski definition) is 1. The molecule has 1 unspecified atom stereocenters. The summed E-state index contributed by atoms with van der Waals surface area (Å²) in [7, 11) is 0. The number of amides is 2. The van der Waals surface area contributed by atoms with Crippen molar-refractivity contribution in [3.63, 3.8) is 0 Å². The smallest absolute Gasteiger partial charge is 0.271 e. The van der Waals surface area contributed by atoms with Gasteiger partial charge in [0, 0.05) is 29.6 Å². The van der Waals surface area contributed by atoms with Crippen LogP contribution in [-0.2, 0) is 11.3 Å². The standard InChI is InChI=1S/C17H17F2N3O2S/c1-10-7-15(21-25-10)16(23)20-14-3-2-6-22(17(14)24)9-11-4-5-12(18)8-13(11)19/h4-5,7-8,14H,2-3,6,9H2,1H3,(H,20,23). The summed E-state index contributed by atoms with van der Waals surface area (Å²) in [5.41, 5.74) is 0.536. The number of carbonyl (C=O) groups excluding carboxylic acids is 2. The van der Waals surface area contributed by atoms with Crippen molar-refractivity contribution in [2.24, 2.45) is 0 Å². The molecule has 1 aliphatic heterocycles. The lowest BCUT2D eigenvalue weighted by Crippen LogP contribution is -2.52. The Morgan fingerprint density at radius 3 is 2.88 bits per heavy atom. The summed E-state index contributed by atoms with van der Waals surface area (Å²) in [4.78, 5) is 27.2. The van der Waals surface area contributed by atoms with Crippen molar-refractivity contribution in [2.45, 2.75) is 32.4 Å². The fourth-order valence-electron chi connectivity index (χ4n) is 2.79. The topological polar surface area (TPSA) is 62.3 Å². The van der Waals surface area contributed by atoms with E-state index in [9.17, 15) is 18.4 Å². The second kappa shape index (κ2) is 7.26. The molecular weight excluding hydrogens is 348 g/mol. The molecule has 1 fully saturated rings. The fourth-order valence-corrected chi connectivity index (χ4v) is 3.33. The van der Waals surface area contributed by atoms with E-state index in [1.165, 1.54) is 22.5 Å². The third kappa shape index (κ3) is 4.01. The van der Waals surface area contributed by atoms with Gasteiger partial charge in [-0.15, -0.1) is 0 Å². The van der Waals surface area contributed by atoms with Crippen LogP contribution in [0.1, 0.15) is 33.8 Å². The molecule has 132 valence electrons. The van der Waals surface area contributed by atoms with Crippen LogP contribution in [-0.4, -0.2) is 33.7 Å². The number of rotatable bonds is 4. The molecule has 3 rings (SSSR count). The van der Waals surface area contributed by atoms with E-state index in [0.717, 1.165) is 17.0 Å². The summed E-state index contributed by atoms with van der Waals surface area (Å²) in [5.74, 6) is -2.00. The van der Waals surface area contributed by atoms with Gasteiger partial charge in [0.25, 0.3) is 5.91 Å². The number of aryl methyl sites for hydroxylation is 1. The molecule has 1 aromatic carbocycles.